The summed E-state index contributed by atoms with van der Waals surface area (Å²) in [6.07, 6.45) is 1.05. The van der Waals surface area contributed by atoms with Gasteiger partial charge in [0.1, 0.15) is 0 Å². The van der Waals surface area contributed by atoms with Crippen LogP contribution in [0.5, 0.6) is 0 Å². The summed E-state index contributed by atoms with van der Waals surface area (Å²) in [5.41, 5.74) is 4.40. The van der Waals surface area contributed by atoms with E-state index in [1.165, 1.54) is 16.7 Å². The summed E-state index contributed by atoms with van der Waals surface area (Å²) >= 11 is 0. The van der Waals surface area contributed by atoms with Gasteiger partial charge in [-0.1, -0.05) is 39.0 Å². The summed E-state index contributed by atoms with van der Waals surface area (Å²) in [6, 6.07) is 6.80. The third-order valence-corrected chi connectivity index (χ3v) is 3.45. The van der Waals surface area contributed by atoms with Crippen molar-refractivity contribution in [3.05, 3.63) is 34.9 Å². The Morgan fingerprint density at radius 1 is 1.17 bits per heavy atom. The molecule has 102 valence electrons. The molecule has 18 heavy (non-hydrogen) atoms. The van der Waals surface area contributed by atoms with E-state index in [1.807, 2.05) is 0 Å². The predicted octanol–water partition coefficient (Wildman–Crippen LogP) is 2.76. The molecule has 0 atom stereocenters. The van der Waals surface area contributed by atoms with Crippen molar-refractivity contribution in [1.82, 2.24) is 4.90 Å². The number of rotatable bonds is 5. The summed E-state index contributed by atoms with van der Waals surface area (Å²) in [5.74, 6) is 0. The number of hydrogen-bond acceptors (Lipinski definition) is 2. The topological polar surface area (TPSA) is 23.5 Å². The summed E-state index contributed by atoms with van der Waals surface area (Å²) < 4.78 is 0. The highest BCUT2D eigenvalue weighted by Gasteiger charge is 2.14. The first-order valence-corrected chi connectivity index (χ1v) is 6.74. The average molecular weight is 249 g/mol. The minimum atomic E-state index is 0.219. The Hall–Kier alpha value is -0.860. The molecule has 0 fully saturated rings. The van der Waals surface area contributed by atoms with Crippen LogP contribution in [0, 0.1) is 6.92 Å². The highest BCUT2D eigenvalue weighted by atomic mass is 16.3. The number of benzene rings is 1. The highest BCUT2D eigenvalue weighted by Crippen LogP contribution is 2.24. The van der Waals surface area contributed by atoms with Crippen LogP contribution >= 0.6 is 0 Å². The molecule has 0 amide bonds. The second kappa shape index (κ2) is 6.35. The Labute approximate surface area is 112 Å². The molecule has 0 spiro atoms. The van der Waals surface area contributed by atoms with Gasteiger partial charge < -0.3 is 10.0 Å². The van der Waals surface area contributed by atoms with Crippen LogP contribution in [0.3, 0.4) is 0 Å². The molecule has 1 aromatic carbocycles. The molecule has 0 radical (unpaired) electrons. The summed E-state index contributed by atoms with van der Waals surface area (Å²) in [7, 11) is 2.05. The lowest BCUT2D eigenvalue weighted by atomic mass is 9.85. The van der Waals surface area contributed by atoms with Gasteiger partial charge in [0, 0.05) is 13.1 Å². The Morgan fingerprint density at radius 2 is 1.83 bits per heavy atom. The predicted molar refractivity (Wildman–Crippen MR) is 78.2 cm³/mol. The summed E-state index contributed by atoms with van der Waals surface area (Å²) in [4.78, 5) is 2.16. The van der Waals surface area contributed by atoms with Crippen LogP contribution in [0.25, 0.3) is 0 Å². The number of likely N-dealkylation sites (N-methyl/N-ethyl adjacent to an activating group) is 1. The van der Waals surface area contributed by atoms with E-state index >= 15 is 0 Å². The maximum atomic E-state index is 8.87. The van der Waals surface area contributed by atoms with E-state index in [4.69, 9.17) is 5.11 Å². The standard InChI is InChI=1S/C16H27NO/c1-13-12-15(16(2,3)4)7-6-14(13)8-9-17(5)10-11-18/h6-7,12,18H,8-11H2,1-5H3. The zero-order chi connectivity index (χ0) is 13.8. The lowest BCUT2D eigenvalue weighted by Gasteiger charge is -2.21. The van der Waals surface area contributed by atoms with Gasteiger partial charge in [-0.25, -0.2) is 0 Å². The van der Waals surface area contributed by atoms with Crippen molar-refractivity contribution in [2.24, 2.45) is 0 Å². The highest BCUT2D eigenvalue weighted by molar-refractivity contribution is 5.34. The molecule has 0 unspecified atom stereocenters. The van der Waals surface area contributed by atoms with Gasteiger partial charge in [-0.2, -0.15) is 0 Å². The Kier molecular flexibility index (Phi) is 5.36. The van der Waals surface area contributed by atoms with Gasteiger partial charge in [0.05, 0.1) is 6.61 Å². The van der Waals surface area contributed by atoms with Crippen LogP contribution in [-0.2, 0) is 11.8 Å². The molecule has 0 aliphatic rings. The van der Waals surface area contributed by atoms with E-state index in [-0.39, 0.29) is 12.0 Å². The van der Waals surface area contributed by atoms with Gasteiger partial charge in [0.15, 0.2) is 0 Å². The molecule has 1 aromatic rings. The third-order valence-electron chi connectivity index (χ3n) is 3.45. The van der Waals surface area contributed by atoms with Gasteiger partial charge in [-0.15, -0.1) is 0 Å². The van der Waals surface area contributed by atoms with Gasteiger partial charge in [0.25, 0.3) is 0 Å². The number of aryl methyl sites for hydroxylation is 1. The van der Waals surface area contributed by atoms with Gasteiger partial charge in [-0.3, -0.25) is 0 Å². The fourth-order valence-electron chi connectivity index (χ4n) is 2.04. The largest absolute Gasteiger partial charge is 0.395 e. The fourth-order valence-corrected chi connectivity index (χ4v) is 2.04. The zero-order valence-electron chi connectivity index (χ0n) is 12.5. The summed E-state index contributed by atoms with van der Waals surface area (Å²) in [5, 5.41) is 8.87. The van der Waals surface area contributed by atoms with E-state index in [9.17, 15) is 0 Å². The second-order valence-corrected chi connectivity index (χ2v) is 6.17. The smallest absolute Gasteiger partial charge is 0.0558 e. The first kappa shape index (κ1) is 15.2. The molecule has 0 heterocycles. The number of aliphatic hydroxyl groups is 1. The maximum Gasteiger partial charge on any atom is 0.0558 e. The molecule has 1 N–H and O–H groups in total. The van der Waals surface area contributed by atoms with E-state index in [0.717, 1.165) is 19.5 Å². The molecule has 0 bridgehead atoms. The molecule has 0 saturated carbocycles. The van der Waals surface area contributed by atoms with E-state index in [2.05, 4.69) is 57.8 Å². The lowest BCUT2D eigenvalue weighted by molar-refractivity contribution is 0.223. The van der Waals surface area contributed by atoms with Crippen molar-refractivity contribution in [2.45, 2.75) is 39.5 Å². The van der Waals surface area contributed by atoms with E-state index < -0.39 is 0 Å². The van der Waals surface area contributed by atoms with Crippen molar-refractivity contribution in [3.63, 3.8) is 0 Å². The van der Waals surface area contributed by atoms with Crippen LogP contribution in [0.2, 0.25) is 0 Å². The molecular weight excluding hydrogens is 222 g/mol. The Morgan fingerprint density at radius 3 is 2.33 bits per heavy atom. The van der Waals surface area contributed by atoms with Crippen LogP contribution in [0.15, 0.2) is 18.2 Å². The molecule has 0 saturated heterocycles. The molecular formula is C16H27NO. The molecule has 0 aliphatic heterocycles. The first-order valence-electron chi connectivity index (χ1n) is 6.74. The molecule has 2 heteroatoms. The Bertz CT molecular complexity index is 379. The number of aliphatic hydroxyl groups excluding tert-OH is 1. The van der Waals surface area contributed by atoms with Gasteiger partial charge in [0.2, 0.25) is 0 Å². The quantitative estimate of drug-likeness (QED) is 0.867. The first-order chi connectivity index (χ1) is 8.34. The zero-order valence-corrected chi connectivity index (χ0v) is 12.5. The normalized spacial score (nSPS) is 12.2. The third kappa shape index (κ3) is 4.43. The molecule has 1 rings (SSSR count). The van der Waals surface area contributed by atoms with E-state index in [0.29, 0.717) is 0 Å². The minimum absolute atomic E-state index is 0.219. The fraction of sp³-hybridized carbons (Fsp3) is 0.625. The van der Waals surface area contributed by atoms with E-state index in [1.54, 1.807) is 0 Å². The minimum Gasteiger partial charge on any atom is -0.395 e. The Balaban J connectivity index is 2.69. The lowest BCUT2D eigenvalue weighted by Crippen LogP contribution is -2.24. The molecule has 0 aromatic heterocycles. The number of hydrogen-bond donors (Lipinski definition) is 1. The number of nitrogens with zero attached hydrogens (tertiary/aromatic N) is 1. The van der Waals surface area contributed by atoms with Crippen LogP contribution in [0.1, 0.15) is 37.5 Å². The maximum absolute atomic E-state index is 8.87. The van der Waals surface area contributed by atoms with Gasteiger partial charge >= 0.3 is 0 Å². The SMILES string of the molecule is Cc1cc(C(C)(C)C)ccc1CCN(C)CCO. The molecule has 0 aliphatic carbocycles. The van der Waals surface area contributed by atoms with Gasteiger partial charge in [-0.05, 0) is 42.5 Å². The van der Waals surface area contributed by atoms with Crippen molar-refractivity contribution >= 4 is 0 Å². The molecule has 2 nitrogen and oxygen atoms in total. The monoisotopic (exact) mass is 249 g/mol. The van der Waals surface area contributed by atoms with Crippen molar-refractivity contribution in [3.8, 4) is 0 Å². The van der Waals surface area contributed by atoms with Crippen LogP contribution in [-0.4, -0.2) is 36.8 Å². The van der Waals surface area contributed by atoms with Crippen LogP contribution < -0.4 is 0 Å². The van der Waals surface area contributed by atoms with Crippen molar-refractivity contribution in [1.29, 1.82) is 0 Å². The van der Waals surface area contributed by atoms with Crippen molar-refractivity contribution in [2.75, 3.05) is 26.7 Å². The van der Waals surface area contributed by atoms with Crippen molar-refractivity contribution < 1.29 is 5.11 Å². The average Bonchev–Trinajstić information content (AvgIpc) is 2.26. The summed E-state index contributed by atoms with van der Waals surface area (Å²) in [6.45, 7) is 10.9. The second-order valence-electron chi connectivity index (χ2n) is 6.17. The van der Waals surface area contributed by atoms with Crippen LogP contribution in [0.4, 0.5) is 0 Å².